The van der Waals surface area contributed by atoms with Crippen molar-refractivity contribution in [3.63, 3.8) is 0 Å². The molecule has 0 spiro atoms. The van der Waals surface area contributed by atoms with Crippen LogP contribution in [0, 0.1) is 13.8 Å². The molecule has 1 fully saturated rings. The van der Waals surface area contributed by atoms with Crippen LogP contribution in [0.4, 0.5) is 0 Å². The Balaban J connectivity index is 1.63. The van der Waals surface area contributed by atoms with Gasteiger partial charge in [-0.1, -0.05) is 11.2 Å². The maximum absolute atomic E-state index is 13.4. The zero-order chi connectivity index (χ0) is 25.1. The first-order valence-electron chi connectivity index (χ1n) is 12.1. The van der Waals surface area contributed by atoms with Crippen LogP contribution < -0.4 is 16.2 Å². The van der Waals surface area contributed by atoms with E-state index in [9.17, 15) is 4.79 Å². The number of fused-ring (bicyclic) bond motifs is 3. The van der Waals surface area contributed by atoms with E-state index in [4.69, 9.17) is 20.0 Å². The highest BCUT2D eigenvalue weighted by atomic mass is 16.5. The van der Waals surface area contributed by atoms with Crippen LogP contribution in [0.3, 0.4) is 0 Å². The lowest BCUT2D eigenvalue weighted by atomic mass is 9.90. The van der Waals surface area contributed by atoms with Crippen LogP contribution in [0.2, 0.25) is 0 Å². The molecule has 4 heterocycles. The molecule has 6 rings (SSSR count). The molecule has 4 aromatic heterocycles. The van der Waals surface area contributed by atoms with Crippen molar-refractivity contribution in [3.05, 3.63) is 70.4 Å². The minimum atomic E-state index is -0.274. The minimum absolute atomic E-state index is 0.0363. The molecule has 1 atom stereocenters. The second-order valence-corrected chi connectivity index (χ2v) is 9.67. The summed E-state index contributed by atoms with van der Waals surface area (Å²) in [7, 11) is 1.77. The fraction of sp³-hybridized carbons (Fsp3) is 0.333. The molecule has 2 N–H and O–H groups in total. The molecule has 0 saturated heterocycles. The summed E-state index contributed by atoms with van der Waals surface area (Å²) in [6, 6.07) is 9.62. The minimum Gasteiger partial charge on any atom is -0.490 e. The van der Waals surface area contributed by atoms with Crippen molar-refractivity contribution < 1.29 is 9.26 Å². The summed E-state index contributed by atoms with van der Waals surface area (Å²) >= 11 is 0. The number of imidazole rings is 1. The van der Waals surface area contributed by atoms with Crippen LogP contribution in [0.5, 0.6) is 5.75 Å². The van der Waals surface area contributed by atoms with E-state index in [1.54, 1.807) is 28.6 Å². The number of pyridine rings is 2. The van der Waals surface area contributed by atoms with Crippen molar-refractivity contribution in [2.24, 2.45) is 12.8 Å². The summed E-state index contributed by atoms with van der Waals surface area (Å²) < 4.78 is 15.4. The fourth-order valence-corrected chi connectivity index (χ4v) is 5.21. The molecule has 0 bridgehead atoms. The van der Waals surface area contributed by atoms with Crippen LogP contribution >= 0.6 is 0 Å². The van der Waals surface area contributed by atoms with Crippen LogP contribution in [0.25, 0.3) is 33.1 Å². The third-order valence-corrected chi connectivity index (χ3v) is 7.25. The quantitative estimate of drug-likeness (QED) is 0.400. The Kier molecular flexibility index (Phi) is 5.19. The van der Waals surface area contributed by atoms with Gasteiger partial charge in [0.25, 0.3) is 0 Å². The van der Waals surface area contributed by atoms with Crippen molar-refractivity contribution in [2.75, 3.05) is 0 Å². The van der Waals surface area contributed by atoms with Gasteiger partial charge in [-0.05, 0) is 57.9 Å². The molecule has 1 aliphatic carbocycles. The number of aryl methyl sites for hydroxylation is 3. The first-order chi connectivity index (χ1) is 17.3. The molecular weight excluding hydrogens is 456 g/mol. The van der Waals surface area contributed by atoms with Crippen molar-refractivity contribution in [2.45, 2.75) is 51.8 Å². The van der Waals surface area contributed by atoms with Crippen LogP contribution in [0.15, 0.2) is 52.0 Å². The zero-order valence-electron chi connectivity index (χ0n) is 20.7. The van der Waals surface area contributed by atoms with Gasteiger partial charge in [0.15, 0.2) is 0 Å². The van der Waals surface area contributed by atoms with Gasteiger partial charge in [-0.25, -0.2) is 4.79 Å². The maximum Gasteiger partial charge on any atom is 0.329 e. The Morgan fingerprint density at radius 1 is 1.19 bits per heavy atom. The number of benzene rings is 1. The van der Waals surface area contributed by atoms with Crippen molar-refractivity contribution in [1.82, 2.24) is 24.3 Å². The van der Waals surface area contributed by atoms with Gasteiger partial charge in [-0.15, -0.1) is 0 Å². The van der Waals surface area contributed by atoms with Gasteiger partial charge in [0, 0.05) is 30.2 Å². The second-order valence-electron chi connectivity index (χ2n) is 9.67. The van der Waals surface area contributed by atoms with E-state index in [2.05, 4.69) is 10.1 Å². The highest BCUT2D eigenvalue weighted by Gasteiger charge is 2.30. The molecule has 1 aliphatic rings. The lowest BCUT2D eigenvalue weighted by Crippen LogP contribution is -2.43. The molecule has 1 aromatic carbocycles. The average molecular weight is 485 g/mol. The summed E-state index contributed by atoms with van der Waals surface area (Å²) in [5, 5.41) is 4.98. The third-order valence-electron chi connectivity index (χ3n) is 7.25. The molecule has 184 valence electrons. The molecule has 36 heavy (non-hydrogen) atoms. The van der Waals surface area contributed by atoms with Crippen LogP contribution in [-0.2, 0) is 7.05 Å². The SMILES string of the molecule is Cc1noc(C)c1-c1cc2ncc3c(c2cc1OC1CC(N)C1)n(C(C)c1ccccn1)c(=O)n3C. The standard InChI is InChI=1S/C27H28N6O3/c1-14-25(16(3)36-31-14)20-11-22-19(12-24(20)35-18-9-17(28)10-18)26-23(13-30-22)32(4)27(34)33(26)15(2)21-7-5-6-8-29-21/h5-8,11-13,15,17-18H,9-10,28H2,1-4H3. The Bertz CT molecular complexity index is 1640. The number of hydrogen-bond acceptors (Lipinski definition) is 7. The summed E-state index contributed by atoms with van der Waals surface area (Å²) in [6.07, 6.45) is 5.13. The Morgan fingerprint density at radius 3 is 2.67 bits per heavy atom. The number of rotatable bonds is 5. The third kappa shape index (κ3) is 3.42. The van der Waals surface area contributed by atoms with E-state index in [0.29, 0.717) is 11.5 Å². The van der Waals surface area contributed by atoms with E-state index in [-0.39, 0.29) is 23.9 Å². The Morgan fingerprint density at radius 2 is 2.00 bits per heavy atom. The van der Waals surface area contributed by atoms with E-state index in [0.717, 1.165) is 57.3 Å². The molecule has 0 amide bonds. The van der Waals surface area contributed by atoms with E-state index in [1.807, 2.05) is 51.1 Å². The van der Waals surface area contributed by atoms with E-state index < -0.39 is 0 Å². The Hall–Kier alpha value is -3.98. The van der Waals surface area contributed by atoms with Gasteiger partial charge in [0.2, 0.25) is 0 Å². The first-order valence-corrected chi connectivity index (χ1v) is 12.1. The van der Waals surface area contributed by atoms with Gasteiger partial charge >= 0.3 is 5.69 Å². The number of aromatic nitrogens is 5. The summed E-state index contributed by atoms with van der Waals surface area (Å²) in [6.45, 7) is 5.79. The van der Waals surface area contributed by atoms with Gasteiger partial charge in [-0.2, -0.15) is 0 Å². The number of nitrogens with zero attached hydrogens (tertiary/aromatic N) is 5. The van der Waals surface area contributed by atoms with E-state index >= 15 is 0 Å². The van der Waals surface area contributed by atoms with Gasteiger partial charge in [0.05, 0.1) is 45.7 Å². The predicted molar refractivity (Wildman–Crippen MR) is 137 cm³/mol. The summed E-state index contributed by atoms with van der Waals surface area (Å²) in [5.41, 5.74) is 11.6. The second kappa shape index (κ2) is 8.30. The molecular formula is C27H28N6O3. The lowest BCUT2D eigenvalue weighted by Gasteiger charge is -2.33. The smallest absolute Gasteiger partial charge is 0.329 e. The molecule has 9 nitrogen and oxygen atoms in total. The molecule has 1 saturated carbocycles. The highest BCUT2D eigenvalue weighted by Crippen LogP contribution is 2.41. The number of nitrogens with two attached hydrogens (primary N) is 1. The van der Waals surface area contributed by atoms with Gasteiger partial charge in [0.1, 0.15) is 17.6 Å². The summed E-state index contributed by atoms with van der Waals surface area (Å²) in [4.78, 5) is 22.7. The molecule has 0 radical (unpaired) electrons. The van der Waals surface area contributed by atoms with Crippen molar-refractivity contribution in [3.8, 4) is 16.9 Å². The van der Waals surface area contributed by atoms with Gasteiger partial charge < -0.3 is 15.0 Å². The monoisotopic (exact) mass is 484 g/mol. The highest BCUT2D eigenvalue weighted by molar-refractivity contribution is 6.05. The summed E-state index contributed by atoms with van der Waals surface area (Å²) in [5.74, 6) is 1.42. The van der Waals surface area contributed by atoms with Crippen molar-refractivity contribution >= 4 is 21.9 Å². The predicted octanol–water partition coefficient (Wildman–Crippen LogP) is 4.03. The lowest BCUT2D eigenvalue weighted by molar-refractivity contribution is 0.102. The largest absolute Gasteiger partial charge is 0.490 e. The van der Waals surface area contributed by atoms with Crippen LogP contribution in [0.1, 0.15) is 43.0 Å². The Labute approximate surface area is 207 Å². The molecule has 0 aliphatic heterocycles. The molecule has 9 heteroatoms. The zero-order valence-corrected chi connectivity index (χ0v) is 20.7. The van der Waals surface area contributed by atoms with Crippen LogP contribution in [-0.4, -0.2) is 36.4 Å². The van der Waals surface area contributed by atoms with E-state index in [1.165, 1.54) is 0 Å². The van der Waals surface area contributed by atoms with Gasteiger partial charge in [-0.3, -0.25) is 19.1 Å². The molecule has 5 aromatic rings. The molecule has 1 unspecified atom stereocenters. The average Bonchev–Trinajstić information content (AvgIpc) is 3.33. The normalized spacial score (nSPS) is 18.5. The maximum atomic E-state index is 13.4. The van der Waals surface area contributed by atoms with Crippen molar-refractivity contribution in [1.29, 1.82) is 0 Å². The fourth-order valence-electron chi connectivity index (χ4n) is 5.21. The topological polar surface area (TPSA) is 114 Å². The number of ether oxygens (including phenoxy) is 1. The number of hydrogen-bond donors (Lipinski definition) is 1. The first kappa shape index (κ1) is 22.5.